The molecule has 0 unspecified atom stereocenters. The van der Waals surface area contributed by atoms with E-state index in [1.165, 1.54) is 12.5 Å². The third-order valence-corrected chi connectivity index (χ3v) is 1.93. The van der Waals surface area contributed by atoms with E-state index in [1.807, 2.05) is 6.07 Å². The highest BCUT2D eigenvalue weighted by atomic mass is 16.6. The molecule has 2 aromatic rings. The van der Waals surface area contributed by atoms with E-state index >= 15 is 0 Å². The van der Waals surface area contributed by atoms with Crippen LogP contribution in [0, 0.1) is 10.1 Å². The van der Waals surface area contributed by atoms with Crippen molar-refractivity contribution in [1.29, 1.82) is 0 Å². The third-order valence-electron chi connectivity index (χ3n) is 1.93. The maximum Gasteiger partial charge on any atom is 0.381 e. The Hall–Kier alpha value is -2.44. The van der Waals surface area contributed by atoms with E-state index in [4.69, 9.17) is 0 Å². The molecule has 7 heteroatoms. The number of nitro groups is 1. The minimum absolute atomic E-state index is 0.159. The molecule has 7 nitrogen and oxygen atoms in total. The van der Waals surface area contributed by atoms with Crippen LogP contribution in [0.15, 0.2) is 37.1 Å². The van der Waals surface area contributed by atoms with Gasteiger partial charge in [-0.25, -0.2) is 0 Å². The van der Waals surface area contributed by atoms with E-state index in [1.54, 1.807) is 23.0 Å². The molecule has 0 saturated heterocycles. The van der Waals surface area contributed by atoms with Crippen molar-refractivity contribution in [2.45, 2.75) is 6.67 Å². The Labute approximate surface area is 90.9 Å². The van der Waals surface area contributed by atoms with E-state index < -0.39 is 4.92 Å². The van der Waals surface area contributed by atoms with Crippen LogP contribution in [-0.4, -0.2) is 19.5 Å². The molecule has 0 radical (unpaired) electrons. The summed E-state index contributed by atoms with van der Waals surface area (Å²) in [6, 6.07) is 3.66. The smallest absolute Gasteiger partial charge is 0.366 e. The maximum atomic E-state index is 10.4. The molecule has 0 bridgehead atoms. The number of nitrogens with one attached hydrogen (secondary N) is 1. The van der Waals surface area contributed by atoms with Crippen LogP contribution in [0.2, 0.25) is 0 Å². The van der Waals surface area contributed by atoms with E-state index in [2.05, 4.69) is 15.3 Å². The summed E-state index contributed by atoms with van der Waals surface area (Å²) in [5, 5.41) is 13.4. The highest BCUT2D eigenvalue weighted by molar-refractivity contribution is 5.38. The molecule has 16 heavy (non-hydrogen) atoms. The second-order valence-electron chi connectivity index (χ2n) is 3.08. The zero-order chi connectivity index (χ0) is 11.4. The SMILES string of the molecule is O=[N+]([O-])c1cn(CNc2cccnc2)cn1. The molecule has 0 aliphatic heterocycles. The van der Waals surface area contributed by atoms with Gasteiger partial charge in [-0.3, -0.25) is 9.55 Å². The molecule has 0 saturated carbocycles. The average Bonchev–Trinajstić information content (AvgIpc) is 2.76. The van der Waals surface area contributed by atoms with Gasteiger partial charge in [-0.05, 0) is 22.0 Å². The van der Waals surface area contributed by atoms with Gasteiger partial charge >= 0.3 is 5.82 Å². The molecule has 0 aliphatic rings. The molecule has 0 amide bonds. The average molecular weight is 219 g/mol. The van der Waals surface area contributed by atoms with Crippen molar-refractivity contribution in [1.82, 2.24) is 14.5 Å². The second-order valence-corrected chi connectivity index (χ2v) is 3.08. The molecule has 2 rings (SSSR count). The fraction of sp³-hybridized carbons (Fsp3) is 0.111. The van der Waals surface area contributed by atoms with Gasteiger partial charge < -0.3 is 15.4 Å². The topological polar surface area (TPSA) is 85.9 Å². The van der Waals surface area contributed by atoms with Crippen molar-refractivity contribution in [3.8, 4) is 0 Å². The lowest BCUT2D eigenvalue weighted by Crippen LogP contribution is -2.05. The Balaban J connectivity index is 1.97. The molecular weight excluding hydrogens is 210 g/mol. The zero-order valence-electron chi connectivity index (χ0n) is 8.28. The first kappa shape index (κ1) is 10.1. The number of anilines is 1. The van der Waals surface area contributed by atoms with Crippen molar-refractivity contribution >= 4 is 11.5 Å². The van der Waals surface area contributed by atoms with E-state index in [0.717, 1.165) is 5.69 Å². The third kappa shape index (κ3) is 2.32. The zero-order valence-corrected chi connectivity index (χ0v) is 8.28. The molecule has 0 aromatic carbocycles. The van der Waals surface area contributed by atoms with Gasteiger partial charge in [-0.15, -0.1) is 0 Å². The van der Waals surface area contributed by atoms with Gasteiger partial charge in [-0.2, -0.15) is 0 Å². The summed E-state index contributed by atoms with van der Waals surface area (Å²) in [6.45, 7) is 0.409. The summed E-state index contributed by atoms with van der Waals surface area (Å²) in [7, 11) is 0. The number of aromatic nitrogens is 3. The first-order chi connectivity index (χ1) is 7.75. The van der Waals surface area contributed by atoms with Gasteiger partial charge in [-0.1, -0.05) is 0 Å². The molecule has 0 fully saturated rings. The largest absolute Gasteiger partial charge is 0.381 e. The van der Waals surface area contributed by atoms with Crippen LogP contribution in [-0.2, 0) is 6.67 Å². The van der Waals surface area contributed by atoms with Gasteiger partial charge in [0.25, 0.3) is 0 Å². The minimum atomic E-state index is -0.527. The van der Waals surface area contributed by atoms with Crippen LogP contribution in [0.5, 0.6) is 0 Å². The van der Waals surface area contributed by atoms with Crippen molar-refractivity contribution in [2.75, 3.05) is 5.32 Å². The Morgan fingerprint density at radius 3 is 3.06 bits per heavy atom. The predicted octanol–water partition coefficient (Wildman–Crippen LogP) is 1.26. The van der Waals surface area contributed by atoms with Crippen molar-refractivity contribution in [3.05, 3.63) is 47.2 Å². The van der Waals surface area contributed by atoms with Crippen LogP contribution >= 0.6 is 0 Å². The molecule has 82 valence electrons. The fourth-order valence-electron chi connectivity index (χ4n) is 1.18. The van der Waals surface area contributed by atoms with Gasteiger partial charge in [0, 0.05) is 12.4 Å². The first-order valence-corrected chi connectivity index (χ1v) is 4.56. The molecule has 2 aromatic heterocycles. The van der Waals surface area contributed by atoms with Crippen molar-refractivity contribution in [2.24, 2.45) is 0 Å². The van der Waals surface area contributed by atoms with Crippen LogP contribution in [0.4, 0.5) is 11.5 Å². The predicted molar refractivity (Wildman–Crippen MR) is 56.7 cm³/mol. The standard InChI is InChI=1S/C9H9N5O2/c15-14(16)9-5-13(7-12-9)6-11-8-2-1-3-10-4-8/h1-5,7,11H,6H2. The summed E-state index contributed by atoms with van der Waals surface area (Å²) >= 11 is 0. The van der Waals surface area contributed by atoms with Gasteiger partial charge in [0.1, 0.15) is 6.20 Å². The Kier molecular flexibility index (Phi) is 2.77. The second kappa shape index (κ2) is 4.39. The Morgan fingerprint density at radius 2 is 2.44 bits per heavy atom. The molecule has 0 atom stereocenters. The van der Waals surface area contributed by atoms with Gasteiger partial charge in [0.15, 0.2) is 0 Å². The van der Waals surface area contributed by atoms with Gasteiger partial charge in [0.05, 0.1) is 12.4 Å². The van der Waals surface area contributed by atoms with E-state index in [9.17, 15) is 10.1 Å². The molecule has 1 N–H and O–H groups in total. The monoisotopic (exact) mass is 219 g/mol. The Bertz CT molecular complexity index is 482. The minimum Gasteiger partial charge on any atom is -0.366 e. The number of pyridine rings is 1. The van der Waals surface area contributed by atoms with E-state index in [-0.39, 0.29) is 5.82 Å². The lowest BCUT2D eigenvalue weighted by atomic mass is 10.4. The molecule has 2 heterocycles. The van der Waals surface area contributed by atoms with Crippen LogP contribution in [0.3, 0.4) is 0 Å². The first-order valence-electron chi connectivity index (χ1n) is 4.56. The summed E-state index contributed by atoms with van der Waals surface area (Å²) in [4.78, 5) is 17.4. The molecular formula is C9H9N5O2. The number of nitrogens with zero attached hydrogens (tertiary/aromatic N) is 4. The highest BCUT2D eigenvalue weighted by Crippen LogP contribution is 2.07. The highest BCUT2D eigenvalue weighted by Gasteiger charge is 2.08. The maximum absolute atomic E-state index is 10.4. The number of hydrogen-bond acceptors (Lipinski definition) is 5. The van der Waals surface area contributed by atoms with Crippen molar-refractivity contribution < 1.29 is 4.92 Å². The lowest BCUT2D eigenvalue weighted by Gasteiger charge is -2.04. The van der Waals surface area contributed by atoms with Crippen LogP contribution < -0.4 is 5.32 Å². The number of hydrogen-bond donors (Lipinski definition) is 1. The van der Waals surface area contributed by atoms with Crippen LogP contribution in [0.25, 0.3) is 0 Å². The normalized spacial score (nSPS) is 10.0. The summed E-state index contributed by atoms with van der Waals surface area (Å²) < 4.78 is 1.59. The molecule has 0 aliphatic carbocycles. The van der Waals surface area contributed by atoms with Crippen molar-refractivity contribution in [3.63, 3.8) is 0 Å². The van der Waals surface area contributed by atoms with Crippen LogP contribution in [0.1, 0.15) is 0 Å². The summed E-state index contributed by atoms with van der Waals surface area (Å²) in [5.41, 5.74) is 0.846. The molecule has 0 spiro atoms. The lowest BCUT2D eigenvalue weighted by molar-refractivity contribution is -0.389. The van der Waals surface area contributed by atoms with Gasteiger partial charge in [0.2, 0.25) is 6.33 Å². The van der Waals surface area contributed by atoms with E-state index in [0.29, 0.717) is 6.67 Å². The fourth-order valence-corrected chi connectivity index (χ4v) is 1.18. The number of imidazole rings is 1. The summed E-state index contributed by atoms with van der Waals surface area (Å²) in [5.74, 6) is -0.159. The quantitative estimate of drug-likeness (QED) is 0.617. The number of rotatable bonds is 4. The summed E-state index contributed by atoms with van der Waals surface area (Å²) in [6.07, 6.45) is 6.11. The Morgan fingerprint density at radius 1 is 1.56 bits per heavy atom.